The summed E-state index contributed by atoms with van der Waals surface area (Å²) < 4.78 is 5.20. The zero-order valence-electron chi connectivity index (χ0n) is 14.5. The van der Waals surface area contributed by atoms with Crippen molar-refractivity contribution in [3.63, 3.8) is 0 Å². The summed E-state index contributed by atoms with van der Waals surface area (Å²) in [6.45, 7) is 3.73. The van der Waals surface area contributed by atoms with Gasteiger partial charge in [0, 0.05) is 37.9 Å². The summed E-state index contributed by atoms with van der Waals surface area (Å²) in [5, 5.41) is 9.88. The van der Waals surface area contributed by atoms with Gasteiger partial charge in [-0.3, -0.25) is 9.69 Å². The molecular formula is C19H28N2O3. The third-order valence-corrected chi connectivity index (χ3v) is 5.46. The highest BCUT2D eigenvalue weighted by atomic mass is 16.5. The minimum atomic E-state index is -0.128. The van der Waals surface area contributed by atoms with Crippen LogP contribution in [0, 0.1) is 5.41 Å². The van der Waals surface area contributed by atoms with E-state index < -0.39 is 0 Å². The van der Waals surface area contributed by atoms with E-state index in [1.54, 1.807) is 7.11 Å². The van der Waals surface area contributed by atoms with Crippen LogP contribution in [0.2, 0.25) is 0 Å². The first-order chi connectivity index (χ1) is 11.7. The molecule has 0 aliphatic carbocycles. The van der Waals surface area contributed by atoms with Gasteiger partial charge in [-0.2, -0.15) is 0 Å². The molecule has 0 aromatic heterocycles. The van der Waals surface area contributed by atoms with Gasteiger partial charge in [-0.1, -0.05) is 18.2 Å². The van der Waals surface area contributed by atoms with Gasteiger partial charge in [-0.15, -0.1) is 0 Å². The second-order valence-corrected chi connectivity index (χ2v) is 7.14. The van der Waals surface area contributed by atoms with E-state index >= 15 is 0 Å². The van der Waals surface area contributed by atoms with Gasteiger partial charge < -0.3 is 14.7 Å². The molecule has 1 saturated heterocycles. The van der Waals surface area contributed by atoms with E-state index in [4.69, 9.17) is 4.74 Å². The number of carbonyl (C=O) groups excluding carboxylic acids is 1. The van der Waals surface area contributed by atoms with Gasteiger partial charge in [-0.25, -0.2) is 0 Å². The molecule has 0 radical (unpaired) electrons. The molecule has 1 N–H and O–H groups in total. The first kappa shape index (κ1) is 17.4. The van der Waals surface area contributed by atoms with E-state index in [1.807, 2.05) is 23.1 Å². The van der Waals surface area contributed by atoms with Gasteiger partial charge in [-0.05, 0) is 43.9 Å². The highest BCUT2D eigenvalue weighted by Gasteiger charge is 2.36. The van der Waals surface area contributed by atoms with E-state index in [-0.39, 0.29) is 17.9 Å². The van der Waals surface area contributed by atoms with Crippen LogP contribution < -0.4 is 4.90 Å². The Balaban J connectivity index is 1.62. The summed E-state index contributed by atoms with van der Waals surface area (Å²) >= 11 is 0. The van der Waals surface area contributed by atoms with Crippen LogP contribution in [-0.2, 0) is 16.0 Å². The fraction of sp³-hybridized carbons (Fsp3) is 0.632. The van der Waals surface area contributed by atoms with Crippen molar-refractivity contribution in [2.75, 3.05) is 51.4 Å². The number of anilines is 1. The molecule has 1 amide bonds. The zero-order valence-corrected chi connectivity index (χ0v) is 14.5. The molecule has 1 fully saturated rings. The van der Waals surface area contributed by atoms with Gasteiger partial charge >= 0.3 is 0 Å². The molecule has 2 aliphatic rings. The Morgan fingerprint density at radius 1 is 1.33 bits per heavy atom. The highest BCUT2D eigenvalue weighted by molar-refractivity contribution is 5.96. The van der Waals surface area contributed by atoms with Crippen molar-refractivity contribution < 1.29 is 14.6 Å². The van der Waals surface area contributed by atoms with Crippen molar-refractivity contribution in [2.45, 2.75) is 25.7 Å². The summed E-state index contributed by atoms with van der Waals surface area (Å²) in [5.74, 6) is 0.167. The quantitative estimate of drug-likeness (QED) is 0.861. The van der Waals surface area contributed by atoms with E-state index in [2.05, 4.69) is 11.0 Å². The van der Waals surface area contributed by atoms with Crippen LogP contribution in [0.5, 0.6) is 0 Å². The van der Waals surface area contributed by atoms with Crippen molar-refractivity contribution in [2.24, 2.45) is 5.41 Å². The predicted molar refractivity (Wildman–Crippen MR) is 94.2 cm³/mol. The fourth-order valence-corrected chi connectivity index (χ4v) is 4.05. The van der Waals surface area contributed by atoms with Crippen LogP contribution in [0.25, 0.3) is 0 Å². The van der Waals surface area contributed by atoms with Gasteiger partial charge in [0.05, 0.1) is 13.2 Å². The normalized spacial score (nSPS) is 24.2. The smallest absolute Gasteiger partial charge is 0.241 e. The maximum Gasteiger partial charge on any atom is 0.241 e. The molecular weight excluding hydrogens is 304 g/mol. The Morgan fingerprint density at radius 3 is 2.96 bits per heavy atom. The van der Waals surface area contributed by atoms with Crippen LogP contribution >= 0.6 is 0 Å². The van der Waals surface area contributed by atoms with Gasteiger partial charge in [0.25, 0.3) is 0 Å². The third kappa shape index (κ3) is 3.63. The predicted octanol–water partition coefficient (Wildman–Crippen LogP) is 1.69. The number of hydrogen-bond donors (Lipinski definition) is 1. The van der Waals surface area contributed by atoms with Crippen LogP contribution in [-0.4, -0.2) is 62.4 Å². The number of amides is 1. The second-order valence-electron chi connectivity index (χ2n) is 7.14. The lowest BCUT2D eigenvalue weighted by Crippen LogP contribution is -2.49. The van der Waals surface area contributed by atoms with Crippen LogP contribution in [0.4, 0.5) is 5.69 Å². The molecule has 1 aromatic rings. The Kier molecular flexibility index (Phi) is 5.54. The number of hydrogen-bond acceptors (Lipinski definition) is 4. The molecule has 0 unspecified atom stereocenters. The van der Waals surface area contributed by atoms with Gasteiger partial charge in [0.2, 0.25) is 5.91 Å². The number of piperidine rings is 1. The van der Waals surface area contributed by atoms with E-state index in [1.165, 1.54) is 5.56 Å². The Bertz CT molecular complexity index is 577. The fourth-order valence-electron chi connectivity index (χ4n) is 4.05. The Hall–Kier alpha value is -1.43. The largest absolute Gasteiger partial charge is 0.396 e. The Morgan fingerprint density at radius 2 is 2.17 bits per heavy atom. The number of likely N-dealkylation sites (tertiary alicyclic amines) is 1. The number of methoxy groups -OCH3 is 1. The Labute approximate surface area is 144 Å². The molecule has 0 saturated carbocycles. The number of nitrogens with zero attached hydrogens (tertiary/aromatic N) is 2. The summed E-state index contributed by atoms with van der Waals surface area (Å²) in [4.78, 5) is 16.9. The van der Waals surface area contributed by atoms with Crippen LogP contribution in [0.1, 0.15) is 24.8 Å². The number of ether oxygens (including phenoxy) is 1. The number of carbonyl (C=O) groups is 1. The number of aliphatic hydroxyl groups excluding tert-OH is 1. The number of aliphatic hydroxyl groups is 1. The van der Waals surface area contributed by atoms with Crippen molar-refractivity contribution in [3.8, 4) is 0 Å². The molecule has 0 spiro atoms. The van der Waals surface area contributed by atoms with E-state index in [0.29, 0.717) is 13.2 Å². The molecule has 1 aromatic carbocycles. The lowest BCUT2D eigenvalue weighted by Gasteiger charge is -2.42. The number of rotatable bonds is 6. The average molecular weight is 332 g/mol. The second kappa shape index (κ2) is 7.64. The summed E-state index contributed by atoms with van der Waals surface area (Å²) in [6.07, 6.45) is 3.81. The molecule has 0 bridgehead atoms. The standard InChI is InChI=1S/C19H28N2O3/c1-24-12-9-19(15-22)8-4-10-20(14-19)13-18(23)21-11-7-16-5-2-3-6-17(16)21/h2-3,5-6,22H,4,7-15H2,1H3/t19-/m1/s1. The van der Waals surface area contributed by atoms with Crippen LogP contribution in [0.3, 0.4) is 0 Å². The topological polar surface area (TPSA) is 53.0 Å². The molecule has 2 aliphatic heterocycles. The maximum absolute atomic E-state index is 12.8. The number of para-hydroxylation sites is 1. The number of fused-ring (bicyclic) bond motifs is 1. The molecule has 5 heteroatoms. The molecule has 132 valence electrons. The minimum absolute atomic E-state index is 0.128. The minimum Gasteiger partial charge on any atom is -0.396 e. The SMILES string of the molecule is COCC[C@]1(CO)CCCN(CC(=O)N2CCc3ccccc32)C1. The summed E-state index contributed by atoms with van der Waals surface area (Å²) in [6, 6.07) is 8.16. The van der Waals surface area contributed by atoms with Crippen molar-refractivity contribution in [1.29, 1.82) is 0 Å². The van der Waals surface area contributed by atoms with Crippen molar-refractivity contribution in [1.82, 2.24) is 4.90 Å². The average Bonchev–Trinajstić information content (AvgIpc) is 3.04. The molecule has 5 nitrogen and oxygen atoms in total. The highest BCUT2D eigenvalue weighted by Crippen LogP contribution is 2.33. The molecule has 24 heavy (non-hydrogen) atoms. The van der Waals surface area contributed by atoms with Gasteiger partial charge in [0.15, 0.2) is 0 Å². The first-order valence-electron chi connectivity index (χ1n) is 8.88. The monoisotopic (exact) mass is 332 g/mol. The van der Waals surface area contributed by atoms with E-state index in [0.717, 1.165) is 51.0 Å². The van der Waals surface area contributed by atoms with Gasteiger partial charge in [0.1, 0.15) is 0 Å². The van der Waals surface area contributed by atoms with Crippen molar-refractivity contribution in [3.05, 3.63) is 29.8 Å². The van der Waals surface area contributed by atoms with E-state index in [9.17, 15) is 9.90 Å². The third-order valence-electron chi connectivity index (χ3n) is 5.46. The first-order valence-corrected chi connectivity index (χ1v) is 8.88. The summed E-state index contributed by atoms with van der Waals surface area (Å²) in [5.41, 5.74) is 2.19. The molecule has 2 heterocycles. The number of benzene rings is 1. The summed E-state index contributed by atoms with van der Waals surface area (Å²) in [7, 11) is 1.69. The lowest BCUT2D eigenvalue weighted by molar-refractivity contribution is -0.120. The van der Waals surface area contributed by atoms with Crippen LogP contribution in [0.15, 0.2) is 24.3 Å². The lowest BCUT2D eigenvalue weighted by atomic mass is 9.78. The molecule has 1 atom stereocenters. The van der Waals surface area contributed by atoms with Crippen molar-refractivity contribution >= 4 is 11.6 Å². The maximum atomic E-state index is 12.8. The zero-order chi connectivity index (χ0) is 17.0. The molecule has 3 rings (SSSR count).